The predicted molar refractivity (Wildman–Crippen MR) is 43.9 cm³/mol. The van der Waals surface area contributed by atoms with Crippen molar-refractivity contribution in [3.8, 4) is 0 Å². The summed E-state index contributed by atoms with van der Waals surface area (Å²) >= 11 is 1.66. The second-order valence-electron chi connectivity index (χ2n) is 2.18. The Morgan fingerprint density at radius 1 is 1.40 bits per heavy atom. The van der Waals surface area contributed by atoms with Gasteiger partial charge in [0.15, 0.2) is 0 Å². The third-order valence-corrected chi connectivity index (χ3v) is 2.42. The molecule has 0 aliphatic carbocycles. The molecule has 3 heteroatoms. The van der Waals surface area contributed by atoms with Crippen LogP contribution in [0.4, 0.5) is 5.69 Å². The lowest BCUT2D eigenvalue weighted by atomic mass is 10.3. The molecular weight excluding hydrogens is 144 g/mol. The van der Waals surface area contributed by atoms with Crippen LogP contribution in [0.2, 0.25) is 0 Å². The van der Waals surface area contributed by atoms with Crippen molar-refractivity contribution in [2.75, 3.05) is 5.32 Å². The molecule has 0 spiro atoms. The Balaban J connectivity index is 2.42. The van der Waals surface area contributed by atoms with Crippen molar-refractivity contribution >= 4 is 17.4 Å². The summed E-state index contributed by atoms with van der Waals surface area (Å²) in [7, 11) is 0. The third-order valence-electron chi connectivity index (χ3n) is 1.44. The number of rotatable bonds is 0. The molecule has 0 radical (unpaired) electrons. The molecule has 1 aliphatic heterocycles. The van der Waals surface area contributed by atoms with Crippen LogP contribution >= 0.6 is 11.8 Å². The normalized spacial score (nSPS) is 21.9. The highest BCUT2D eigenvalue weighted by Gasteiger charge is 2.15. The highest BCUT2D eigenvalue weighted by atomic mass is 32.2. The molecule has 1 atom stereocenters. The van der Waals surface area contributed by atoms with E-state index in [9.17, 15) is 0 Å². The van der Waals surface area contributed by atoms with E-state index in [0.29, 0.717) is 0 Å². The number of hydrogen-bond acceptors (Lipinski definition) is 3. The number of thioether (sulfide) groups is 1. The van der Waals surface area contributed by atoms with Crippen LogP contribution in [0.3, 0.4) is 0 Å². The van der Waals surface area contributed by atoms with E-state index in [1.807, 2.05) is 18.2 Å². The van der Waals surface area contributed by atoms with Gasteiger partial charge in [0.05, 0.1) is 0 Å². The van der Waals surface area contributed by atoms with Gasteiger partial charge in [-0.2, -0.15) is 0 Å². The molecule has 0 aromatic heterocycles. The molecule has 1 heterocycles. The van der Waals surface area contributed by atoms with Gasteiger partial charge in [0.2, 0.25) is 0 Å². The van der Waals surface area contributed by atoms with E-state index < -0.39 is 0 Å². The number of anilines is 1. The van der Waals surface area contributed by atoms with Crippen LogP contribution < -0.4 is 11.1 Å². The Morgan fingerprint density at radius 2 is 2.20 bits per heavy atom. The fourth-order valence-electron chi connectivity index (χ4n) is 1.01. The highest BCUT2D eigenvalue weighted by Crippen LogP contribution is 2.35. The number of nitrogens with one attached hydrogen (secondary N) is 1. The van der Waals surface area contributed by atoms with Crippen LogP contribution in [0.5, 0.6) is 0 Å². The van der Waals surface area contributed by atoms with E-state index in [4.69, 9.17) is 5.73 Å². The molecule has 1 unspecified atom stereocenters. The molecule has 0 fully saturated rings. The zero-order chi connectivity index (χ0) is 6.97. The van der Waals surface area contributed by atoms with Gasteiger partial charge in [0.1, 0.15) is 5.50 Å². The van der Waals surface area contributed by atoms with Gasteiger partial charge >= 0.3 is 0 Å². The monoisotopic (exact) mass is 152 g/mol. The SMILES string of the molecule is NC1Nc2ccccc2S1. The molecule has 0 amide bonds. The van der Waals surface area contributed by atoms with Gasteiger partial charge in [-0.25, -0.2) is 0 Å². The Kier molecular flexibility index (Phi) is 1.32. The van der Waals surface area contributed by atoms with E-state index in [1.54, 1.807) is 11.8 Å². The maximum Gasteiger partial charge on any atom is 0.127 e. The minimum atomic E-state index is 0.0393. The van der Waals surface area contributed by atoms with Crippen molar-refractivity contribution in [2.24, 2.45) is 5.73 Å². The molecule has 0 saturated carbocycles. The van der Waals surface area contributed by atoms with E-state index >= 15 is 0 Å². The first-order valence-electron chi connectivity index (χ1n) is 3.14. The van der Waals surface area contributed by atoms with E-state index in [1.165, 1.54) is 4.90 Å². The fraction of sp³-hybridized carbons (Fsp3) is 0.143. The van der Waals surface area contributed by atoms with Crippen LogP contribution in [0.25, 0.3) is 0 Å². The van der Waals surface area contributed by atoms with E-state index in [-0.39, 0.29) is 5.50 Å². The van der Waals surface area contributed by atoms with Gasteiger partial charge in [-0.15, -0.1) is 0 Å². The number of hydrogen-bond donors (Lipinski definition) is 2. The number of fused-ring (bicyclic) bond motifs is 1. The molecule has 2 rings (SSSR count). The smallest absolute Gasteiger partial charge is 0.127 e. The third kappa shape index (κ3) is 0.874. The van der Waals surface area contributed by atoms with Crippen molar-refractivity contribution in [2.45, 2.75) is 10.4 Å². The van der Waals surface area contributed by atoms with Crippen molar-refractivity contribution in [3.05, 3.63) is 24.3 Å². The van der Waals surface area contributed by atoms with Gasteiger partial charge in [0.25, 0.3) is 0 Å². The summed E-state index contributed by atoms with van der Waals surface area (Å²) in [5, 5.41) is 3.14. The average molecular weight is 152 g/mol. The lowest BCUT2D eigenvalue weighted by Gasteiger charge is -1.99. The van der Waals surface area contributed by atoms with Gasteiger partial charge in [-0.1, -0.05) is 23.9 Å². The minimum absolute atomic E-state index is 0.0393. The zero-order valence-corrected chi connectivity index (χ0v) is 6.19. The minimum Gasteiger partial charge on any atom is -0.360 e. The first-order valence-corrected chi connectivity index (χ1v) is 4.02. The predicted octanol–water partition coefficient (Wildman–Crippen LogP) is 1.45. The van der Waals surface area contributed by atoms with Crippen molar-refractivity contribution in [3.63, 3.8) is 0 Å². The zero-order valence-electron chi connectivity index (χ0n) is 5.37. The van der Waals surface area contributed by atoms with E-state index in [2.05, 4.69) is 11.4 Å². The molecule has 0 saturated heterocycles. The maximum atomic E-state index is 5.64. The van der Waals surface area contributed by atoms with Crippen LogP contribution in [0.1, 0.15) is 0 Å². The first kappa shape index (κ1) is 6.07. The van der Waals surface area contributed by atoms with Gasteiger partial charge in [-0.05, 0) is 12.1 Å². The summed E-state index contributed by atoms with van der Waals surface area (Å²) in [6.07, 6.45) is 0. The molecule has 1 aromatic rings. The maximum absolute atomic E-state index is 5.64. The summed E-state index contributed by atoms with van der Waals surface area (Å²) < 4.78 is 0. The molecule has 0 bridgehead atoms. The largest absolute Gasteiger partial charge is 0.360 e. The van der Waals surface area contributed by atoms with E-state index in [0.717, 1.165) is 5.69 Å². The van der Waals surface area contributed by atoms with Crippen LogP contribution in [-0.2, 0) is 0 Å². The number of nitrogens with two attached hydrogens (primary N) is 1. The van der Waals surface area contributed by atoms with Crippen LogP contribution in [-0.4, -0.2) is 5.50 Å². The molecule has 52 valence electrons. The van der Waals surface area contributed by atoms with Crippen LogP contribution in [0, 0.1) is 0 Å². The molecule has 2 nitrogen and oxygen atoms in total. The van der Waals surface area contributed by atoms with Crippen molar-refractivity contribution in [1.29, 1.82) is 0 Å². The summed E-state index contributed by atoms with van der Waals surface area (Å²) in [5.41, 5.74) is 6.83. The molecule has 1 aromatic carbocycles. The Hall–Kier alpha value is -0.670. The second-order valence-corrected chi connectivity index (χ2v) is 3.36. The lowest BCUT2D eigenvalue weighted by Crippen LogP contribution is -2.20. The Morgan fingerprint density at radius 3 is 3.00 bits per heavy atom. The lowest BCUT2D eigenvalue weighted by molar-refractivity contribution is 1.08. The fourth-order valence-corrected chi connectivity index (χ4v) is 1.88. The quantitative estimate of drug-likeness (QED) is 0.591. The number of benzene rings is 1. The van der Waals surface area contributed by atoms with Gasteiger partial charge in [0, 0.05) is 10.6 Å². The number of para-hydroxylation sites is 1. The van der Waals surface area contributed by atoms with Crippen molar-refractivity contribution in [1.82, 2.24) is 0 Å². The summed E-state index contributed by atoms with van der Waals surface area (Å²) in [5.74, 6) is 0. The van der Waals surface area contributed by atoms with Gasteiger partial charge < -0.3 is 11.1 Å². The molecule has 3 N–H and O–H groups in total. The molecule has 1 aliphatic rings. The first-order chi connectivity index (χ1) is 4.86. The van der Waals surface area contributed by atoms with Crippen molar-refractivity contribution < 1.29 is 0 Å². The molecular formula is C7H8N2S. The summed E-state index contributed by atoms with van der Waals surface area (Å²) in [6.45, 7) is 0. The average Bonchev–Trinajstić information content (AvgIpc) is 2.27. The topological polar surface area (TPSA) is 38.0 Å². The highest BCUT2D eigenvalue weighted by molar-refractivity contribution is 8.00. The second kappa shape index (κ2) is 2.18. The Bertz CT molecular complexity index is 224. The standard InChI is InChI=1S/C7H8N2S/c8-7-9-5-3-1-2-4-6(5)10-7/h1-4,7,9H,8H2. The molecule has 10 heavy (non-hydrogen) atoms. The summed E-state index contributed by atoms with van der Waals surface area (Å²) in [6, 6.07) is 8.13. The van der Waals surface area contributed by atoms with Gasteiger partial charge in [-0.3, -0.25) is 0 Å². The van der Waals surface area contributed by atoms with Crippen LogP contribution in [0.15, 0.2) is 29.2 Å². The summed E-state index contributed by atoms with van der Waals surface area (Å²) in [4.78, 5) is 1.25. The Labute approximate surface area is 63.8 Å².